The Bertz CT molecular complexity index is 604. The molecule has 2 atom stereocenters. The van der Waals surface area contributed by atoms with Crippen LogP contribution in [-0.2, 0) is 0 Å². The Morgan fingerprint density at radius 3 is 2.40 bits per heavy atom. The van der Waals surface area contributed by atoms with E-state index in [9.17, 15) is 4.39 Å². The highest BCUT2D eigenvalue weighted by molar-refractivity contribution is 6.31. The van der Waals surface area contributed by atoms with E-state index in [0.717, 1.165) is 5.56 Å². The van der Waals surface area contributed by atoms with E-state index >= 15 is 0 Å². The second kappa shape index (κ2) is 6.44. The first-order chi connectivity index (χ1) is 9.49. The Balaban J connectivity index is 2.31. The van der Waals surface area contributed by atoms with Crippen LogP contribution in [0.4, 0.5) is 4.39 Å². The van der Waals surface area contributed by atoms with E-state index in [0.29, 0.717) is 10.8 Å². The van der Waals surface area contributed by atoms with Crippen molar-refractivity contribution < 1.29 is 9.13 Å². The molecular formula is C15H14Cl2FNO. The summed E-state index contributed by atoms with van der Waals surface area (Å²) >= 11 is 11.9. The van der Waals surface area contributed by atoms with Crippen molar-refractivity contribution in [1.29, 1.82) is 0 Å². The highest BCUT2D eigenvalue weighted by atomic mass is 35.5. The molecule has 0 saturated carbocycles. The first-order valence-corrected chi connectivity index (χ1v) is 6.86. The Morgan fingerprint density at radius 1 is 1.10 bits per heavy atom. The third-order valence-electron chi connectivity index (χ3n) is 2.84. The smallest absolute Gasteiger partial charge is 0.142 e. The average Bonchev–Trinajstić information content (AvgIpc) is 2.41. The minimum absolute atomic E-state index is 0.00471. The molecule has 0 aliphatic rings. The zero-order valence-corrected chi connectivity index (χ0v) is 12.3. The molecule has 0 bridgehead atoms. The van der Waals surface area contributed by atoms with Crippen molar-refractivity contribution in [3.63, 3.8) is 0 Å². The molecule has 0 amide bonds. The van der Waals surface area contributed by atoms with Gasteiger partial charge in [-0.25, -0.2) is 4.39 Å². The van der Waals surface area contributed by atoms with Crippen LogP contribution < -0.4 is 10.5 Å². The highest BCUT2D eigenvalue weighted by Gasteiger charge is 2.21. The van der Waals surface area contributed by atoms with Gasteiger partial charge in [-0.1, -0.05) is 41.4 Å². The lowest BCUT2D eigenvalue weighted by Gasteiger charge is -2.24. The molecule has 0 radical (unpaired) electrons. The maximum atomic E-state index is 13.1. The second-order valence-corrected chi connectivity index (χ2v) is 5.31. The molecule has 2 nitrogen and oxygen atoms in total. The maximum Gasteiger partial charge on any atom is 0.142 e. The van der Waals surface area contributed by atoms with E-state index in [2.05, 4.69) is 0 Å². The lowest BCUT2D eigenvalue weighted by Crippen LogP contribution is -2.29. The minimum Gasteiger partial charge on any atom is -0.484 e. The van der Waals surface area contributed by atoms with Crippen molar-refractivity contribution in [2.45, 2.75) is 19.1 Å². The van der Waals surface area contributed by atoms with Crippen molar-refractivity contribution in [1.82, 2.24) is 0 Å². The molecule has 106 valence electrons. The molecule has 0 fully saturated rings. The molecule has 2 rings (SSSR count). The van der Waals surface area contributed by atoms with Crippen LogP contribution >= 0.6 is 23.2 Å². The summed E-state index contributed by atoms with van der Waals surface area (Å²) in [6.45, 7) is 1.82. The predicted molar refractivity (Wildman–Crippen MR) is 79.9 cm³/mol. The number of benzene rings is 2. The summed E-state index contributed by atoms with van der Waals surface area (Å²) in [6, 6.07) is 11.2. The van der Waals surface area contributed by atoms with Gasteiger partial charge in [0, 0.05) is 22.7 Å². The van der Waals surface area contributed by atoms with Gasteiger partial charge >= 0.3 is 0 Å². The molecule has 2 unspecified atom stereocenters. The molecule has 0 spiro atoms. The molecule has 2 N–H and O–H groups in total. The van der Waals surface area contributed by atoms with Crippen molar-refractivity contribution in [3.05, 3.63) is 63.9 Å². The van der Waals surface area contributed by atoms with Crippen molar-refractivity contribution >= 4 is 23.2 Å². The van der Waals surface area contributed by atoms with Crippen LogP contribution in [-0.4, -0.2) is 6.04 Å². The number of ether oxygens (including phenoxy) is 1. The molecule has 5 heteroatoms. The van der Waals surface area contributed by atoms with Gasteiger partial charge in [-0.15, -0.1) is 0 Å². The van der Waals surface area contributed by atoms with E-state index in [1.807, 2.05) is 25.1 Å². The Labute approximate surface area is 127 Å². The Hall–Kier alpha value is -1.29. The van der Waals surface area contributed by atoms with Gasteiger partial charge in [-0.05, 0) is 25.1 Å². The normalized spacial score (nSPS) is 13.8. The SMILES string of the molecule is CC(N)C(Oc1ccc(F)c(Cl)c1)c1ccccc1Cl. The van der Waals surface area contributed by atoms with E-state index in [1.54, 1.807) is 6.07 Å². The zero-order chi connectivity index (χ0) is 14.7. The molecule has 0 aliphatic carbocycles. The predicted octanol–water partition coefficient (Wildman–Crippen LogP) is 4.60. The van der Waals surface area contributed by atoms with Crippen LogP contribution in [0, 0.1) is 5.82 Å². The molecule has 2 aromatic rings. The number of nitrogens with two attached hydrogens (primary N) is 1. The van der Waals surface area contributed by atoms with E-state index in [4.69, 9.17) is 33.7 Å². The molecule has 0 saturated heterocycles. The maximum absolute atomic E-state index is 13.1. The molecule has 2 aromatic carbocycles. The van der Waals surface area contributed by atoms with Gasteiger partial charge in [-0.3, -0.25) is 0 Å². The van der Waals surface area contributed by atoms with E-state index in [-0.39, 0.29) is 11.1 Å². The van der Waals surface area contributed by atoms with Crippen molar-refractivity contribution in [2.24, 2.45) is 5.73 Å². The quantitative estimate of drug-likeness (QED) is 0.895. The van der Waals surface area contributed by atoms with Crippen LogP contribution in [0.25, 0.3) is 0 Å². The van der Waals surface area contributed by atoms with E-state index < -0.39 is 11.9 Å². The van der Waals surface area contributed by atoms with Gasteiger partial charge in [-0.2, -0.15) is 0 Å². The van der Waals surface area contributed by atoms with Gasteiger partial charge in [0.05, 0.1) is 5.02 Å². The summed E-state index contributed by atoms with van der Waals surface area (Å²) < 4.78 is 19.0. The molecule has 0 aliphatic heterocycles. The first kappa shape index (κ1) is 15.1. The number of hydrogen-bond donors (Lipinski definition) is 1. The number of rotatable bonds is 4. The Kier molecular flexibility index (Phi) is 4.86. The highest BCUT2D eigenvalue weighted by Crippen LogP contribution is 2.31. The topological polar surface area (TPSA) is 35.2 Å². The van der Waals surface area contributed by atoms with Gasteiger partial charge in [0.15, 0.2) is 0 Å². The zero-order valence-electron chi connectivity index (χ0n) is 10.8. The van der Waals surface area contributed by atoms with Crippen molar-refractivity contribution in [3.8, 4) is 5.75 Å². The van der Waals surface area contributed by atoms with E-state index in [1.165, 1.54) is 18.2 Å². The first-order valence-electron chi connectivity index (χ1n) is 6.10. The van der Waals surface area contributed by atoms with Crippen LogP contribution in [0.3, 0.4) is 0 Å². The Morgan fingerprint density at radius 2 is 1.80 bits per heavy atom. The third kappa shape index (κ3) is 3.42. The standard InChI is InChI=1S/C15H14Cl2FNO/c1-9(19)15(11-4-2-3-5-12(11)16)20-10-6-7-14(18)13(17)8-10/h2-9,15H,19H2,1H3. The largest absolute Gasteiger partial charge is 0.484 e. The van der Waals surface area contributed by atoms with Crippen LogP contribution in [0.5, 0.6) is 5.75 Å². The molecule has 20 heavy (non-hydrogen) atoms. The summed E-state index contributed by atoms with van der Waals surface area (Å²) in [7, 11) is 0. The van der Waals surface area contributed by atoms with Gasteiger partial charge in [0.2, 0.25) is 0 Å². The minimum atomic E-state index is -0.492. The second-order valence-electron chi connectivity index (χ2n) is 4.49. The number of hydrogen-bond acceptors (Lipinski definition) is 2. The van der Waals surface area contributed by atoms with Gasteiger partial charge < -0.3 is 10.5 Å². The van der Waals surface area contributed by atoms with Crippen LogP contribution in [0.1, 0.15) is 18.6 Å². The summed E-state index contributed by atoms with van der Waals surface area (Å²) in [5.41, 5.74) is 6.74. The van der Waals surface area contributed by atoms with Crippen LogP contribution in [0.15, 0.2) is 42.5 Å². The van der Waals surface area contributed by atoms with Crippen LogP contribution in [0.2, 0.25) is 10.0 Å². The third-order valence-corrected chi connectivity index (χ3v) is 3.48. The number of halogens is 3. The summed E-state index contributed by atoms with van der Waals surface area (Å²) in [6.07, 6.45) is -0.440. The fourth-order valence-corrected chi connectivity index (χ4v) is 2.27. The summed E-state index contributed by atoms with van der Waals surface area (Å²) in [4.78, 5) is 0. The summed E-state index contributed by atoms with van der Waals surface area (Å²) in [5.74, 6) is -0.0484. The molecular weight excluding hydrogens is 300 g/mol. The van der Waals surface area contributed by atoms with Gasteiger partial charge in [0.25, 0.3) is 0 Å². The summed E-state index contributed by atoms with van der Waals surface area (Å²) in [5, 5.41) is 0.577. The fourth-order valence-electron chi connectivity index (χ4n) is 1.86. The monoisotopic (exact) mass is 313 g/mol. The average molecular weight is 314 g/mol. The fraction of sp³-hybridized carbons (Fsp3) is 0.200. The molecule has 0 aromatic heterocycles. The lowest BCUT2D eigenvalue weighted by atomic mass is 10.0. The van der Waals surface area contributed by atoms with Crippen molar-refractivity contribution in [2.75, 3.05) is 0 Å². The molecule has 0 heterocycles. The lowest BCUT2D eigenvalue weighted by molar-refractivity contribution is 0.180. The van der Waals surface area contributed by atoms with Gasteiger partial charge in [0.1, 0.15) is 17.7 Å².